The van der Waals surface area contributed by atoms with Gasteiger partial charge in [-0.1, -0.05) is 6.07 Å². The average Bonchev–Trinajstić information content (AvgIpc) is 2.88. The van der Waals surface area contributed by atoms with Crippen LogP contribution < -0.4 is 5.32 Å². The maximum Gasteiger partial charge on any atom is 0.203 e. The van der Waals surface area contributed by atoms with Crippen molar-refractivity contribution in [2.24, 2.45) is 0 Å². The van der Waals surface area contributed by atoms with Crippen LogP contribution in [0.1, 0.15) is 37.6 Å². The average molecular weight is 288 g/mol. The normalized spacial score (nSPS) is 12.3. The fourth-order valence-electron chi connectivity index (χ4n) is 2.24. The first-order chi connectivity index (χ1) is 10.2. The fraction of sp³-hybridized carbons (Fsp3) is 0.500. The molecule has 0 bridgehead atoms. The van der Waals surface area contributed by atoms with Crippen molar-refractivity contribution in [2.45, 2.75) is 33.2 Å². The maximum atomic E-state index is 5.35. The Balaban J connectivity index is 2.02. The molecule has 21 heavy (non-hydrogen) atoms. The van der Waals surface area contributed by atoms with Gasteiger partial charge in [0.15, 0.2) is 0 Å². The highest BCUT2D eigenvalue weighted by molar-refractivity contribution is 5.32. The van der Waals surface area contributed by atoms with Crippen LogP contribution in [0, 0.1) is 6.92 Å². The molecule has 0 aromatic carbocycles. The molecule has 2 aromatic rings. The number of nitrogens with one attached hydrogen (secondary N) is 1. The van der Waals surface area contributed by atoms with Gasteiger partial charge in [-0.3, -0.25) is 4.98 Å². The van der Waals surface area contributed by atoms with Crippen LogP contribution >= 0.6 is 0 Å². The Labute approximate surface area is 126 Å². The number of nitrogens with zero attached hydrogens (tertiary/aromatic N) is 3. The molecule has 5 heteroatoms. The zero-order valence-electron chi connectivity index (χ0n) is 13.0. The van der Waals surface area contributed by atoms with Gasteiger partial charge in [0.2, 0.25) is 5.95 Å². The number of aromatic nitrogens is 3. The Morgan fingerprint density at radius 3 is 3.00 bits per heavy atom. The highest BCUT2D eigenvalue weighted by Gasteiger charge is 2.13. The van der Waals surface area contributed by atoms with E-state index in [9.17, 15) is 0 Å². The Morgan fingerprint density at radius 2 is 2.29 bits per heavy atom. The van der Waals surface area contributed by atoms with Gasteiger partial charge in [0.05, 0.1) is 11.7 Å². The van der Waals surface area contributed by atoms with Crippen LogP contribution in [-0.2, 0) is 4.74 Å². The molecule has 1 atom stereocenters. The molecule has 0 amide bonds. The Hall–Kier alpha value is -1.88. The summed E-state index contributed by atoms with van der Waals surface area (Å²) in [5, 5.41) is 3.40. The van der Waals surface area contributed by atoms with Gasteiger partial charge in [0, 0.05) is 38.3 Å². The zero-order chi connectivity index (χ0) is 15.1. The first-order valence-corrected chi connectivity index (χ1v) is 7.49. The smallest absolute Gasteiger partial charge is 0.203 e. The maximum absolute atomic E-state index is 5.35. The largest absolute Gasteiger partial charge is 0.382 e. The lowest BCUT2D eigenvalue weighted by molar-refractivity contribution is 0.147. The van der Waals surface area contributed by atoms with Crippen molar-refractivity contribution in [3.05, 3.63) is 42.0 Å². The van der Waals surface area contributed by atoms with E-state index in [4.69, 9.17) is 4.74 Å². The van der Waals surface area contributed by atoms with Crippen LogP contribution in [0.4, 0.5) is 5.95 Å². The molecule has 0 fully saturated rings. The van der Waals surface area contributed by atoms with Gasteiger partial charge in [-0.2, -0.15) is 0 Å². The summed E-state index contributed by atoms with van der Waals surface area (Å²) in [4.78, 5) is 8.76. The van der Waals surface area contributed by atoms with Crippen molar-refractivity contribution < 1.29 is 4.74 Å². The minimum atomic E-state index is 0.203. The van der Waals surface area contributed by atoms with E-state index >= 15 is 0 Å². The van der Waals surface area contributed by atoms with E-state index in [1.54, 1.807) is 6.20 Å². The number of hydrogen-bond acceptors (Lipinski definition) is 4. The van der Waals surface area contributed by atoms with Crippen LogP contribution in [0.15, 0.2) is 30.7 Å². The predicted octanol–water partition coefficient (Wildman–Crippen LogP) is 3.03. The summed E-state index contributed by atoms with van der Waals surface area (Å²) in [5.41, 5.74) is 2.19. The summed E-state index contributed by atoms with van der Waals surface area (Å²) in [5.74, 6) is 0.903. The second kappa shape index (κ2) is 7.78. The van der Waals surface area contributed by atoms with E-state index in [1.807, 2.05) is 26.1 Å². The number of imidazole rings is 1. The SMILES string of the molecule is CCOCCCNc1nc(C)cn1C(C)c1cccnc1. The van der Waals surface area contributed by atoms with Gasteiger partial charge < -0.3 is 14.6 Å². The predicted molar refractivity (Wildman–Crippen MR) is 84.6 cm³/mol. The zero-order valence-corrected chi connectivity index (χ0v) is 13.0. The van der Waals surface area contributed by atoms with E-state index in [-0.39, 0.29) is 6.04 Å². The Bertz CT molecular complexity index is 538. The molecule has 0 spiro atoms. The molecule has 0 aliphatic carbocycles. The molecule has 0 saturated heterocycles. The molecule has 0 aliphatic heterocycles. The molecule has 1 N–H and O–H groups in total. The number of hydrogen-bond donors (Lipinski definition) is 1. The van der Waals surface area contributed by atoms with Crippen LogP contribution in [0.2, 0.25) is 0 Å². The lowest BCUT2D eigenvalue weighted by Crippen LogP contribution is -2.13. The molecule has 114 valence electrons. The molecule has 2 heterocycles. The molecule has 0 radical (unpaired) electrons. The number of rotatable bonds is 8. The molecular weight excluding hydrogens is 264 g/mol. The van der Waals surface area contributed by atoms with Gasteiger partial charge in [-0.15, -0.1) is 0 Å². The quantitative estimate of drug-likeness (QED) is 0.759. The second-order valence-corrected chi connectivity index (χ2v) is 5.05. The van der Waals surface area contributed by atoms with Gasteiger partial charge >= 0.3 is 0 Å². The van der Waals surface area contributed by atoms with Crippen LogP contribution in [0.25, 0.3) is 0 Å². The highest BCUT2D eigenvalue weighted by atomic mass is 16.5. The van der Waals surface area contributed by atoms with Crippen molar-refractivity contribution in [1.82, 2.24) is 14.5 Å². The minimum Gasteiger partial charge on any atom is -0.382 e. The van der Waals surface area contributed by atoms with Crippen molar-refractivity contribution in [3.8, 4) is 0 Å². The monoisotopic (exact) mass is 288 g/mol. The summed E-state index contributed by atoms with van der Waals surface area (Å²) >= 11 is 0. The van der Waals surface area contributed by atoms with E-state index in [0.717, 1.165) is 37.8 Å². The minimum absolute atomic E-state index is 0.203. The second-order valence-electron chi connectivity index (χ2n) is 5.05. The Morgan fingerprint density at radius 1 is 1.43 bits per heavy atom. The number of pyridine rings is 1. The van der Waals surface area contributed by atoms with E-state index in [1.165, 1.54) is 5.56 Å². The highest BCUT2D eigenvalue weighted by Crippen LogP contribution is 2.22. The van der Waals surface area contributed by atoms with Gasteiger partial charge in [-0.25, -0.2) is 4.98 Å². The van der Waals surface area contributed by atoms with Crippen molar-refractivity contribution >= 4 is 5.95 Å². The van der Waals surface area contributed by atoms with Crippen molar-refractivity contribution in [3.63, 3.8) is 0 Å². The summed E-state index contributed by atoms with van der Waals surface area (Å²) in [7, 11) is 0. The third-order valence-electron chi connectivity index (χ3n) is 3.39. The lowest BCUT2D eigenvalue weighted by Gasteiger charge is -2.17. The first kappa shape index (κ1) is 15.5. The molecular formula is C16H24N4O. The van der Waals surface area contributed by atoms with Gasteiger partial charge in [0.25, 0.3) is 0 Å². The number of ether oxygens (including phenoxy) is 1. The Kier molecular flexibility index (Phi) is 5.75. The first-order valence-electron chi connectivity index (χ1n) is 7.49. The van der Waals surface area contributed by atoms with Crippen molar-refractivity contribution in [1.29, 1.82) is 0 Å². The van der Waals surface area contributed by atoms with Gasteiger partial charge in [-0.05, 0) is 38.8 Å². The van der Waals surface area contributed by atoms with E-state index in [0.29, 0.717) is 0 Å². The number of anilines is 1. The topological polar surface area (TPSA) is 52.0 Å². The molecule has 2 aromatic heterocycles. The summed E-state index contributed by atoms with van der Waals surface area (Å²) in [6, 6.07) is 4.26. The molecule has 0 aliphatic rings. The molecule has 0 saturated carbocycles. The summed E-state index contributed by atoms with van der Waals surface area (Å²) in [6.45, 7) is 8.59. The van der Waals surface area contributed by atoms with E-state index in [2.05, 4.69) is 39.0 Å². The standard InChI is InChI=1S/C16H24N4O/c1-4-21-10-6-9-18-16-19-13(2)12-20(16)14(3)15-7-5-8-17-11-15/h5,7-8,11-12,14H,4,6,9-10H2,1-3H3,(H,18,19). The van der Waals surface area contributed by atoms with Crippen molar-refractivity contribution in [2.75, 3.05) is 25.1 Å². The molecule has 5 nitrogen and oxygen atoms in total. The summed E-state index contributed by atoms with van der Waals surface area (Å²) < 4.78 is 7.51. The molecule has 1 unspecified atom stereocenters. The van der Waals surface area contributed by atoms with Crippen LogP contribution in [0.3, 0.4) is 0 Å². The van der Waals surface area contributed by atoms with Crippen LogP contribution in [-0.4, -0.2) is 34.3 Å². The molecule has 2 rings (SSSR count). The fourth-order valence-corrected chi connectivity index (χ4v) is 2.24. The lowest BCUT2D eigenvalue weighted by atomic mass is 10.1. The van der Waals surface area contributed by atoms with E-state index < -0.39 is 0 Å². The number of aryl methyl sites for hydroxylation is 1. The van der Waals surface area contributed by atoms with Crippen LogP contribution in [0.5, 0.6) is 0 Å². The summed E-state index contributed by atoms with van der Waals surface area (Å²) in [6.07, 6.45) is 6.74. The third kappa shape index (κ3) is 4.29. The van der Waals surface area contributed by atoms with Gasteiger partial charge in [0.1, 0.15) is 0 Å². The third-order valence-corrected chi connectivity index (χ3v) is 3.39.